The number of amides is 2. The van der Waals surface area contributed by atoms with Gasteiger partial charge in [-0.25, -0.2) is 0 Å². The first-order valence-corrected chi connectivity index (χ1v) is 9.98. The van der Waals surface area contributed by atoms with Gasteiger partial charge in [0, 0.05) is 21.9 Å². The summed E-state index contributed by atoms with van der Waals surface area (Å²) in [4.78, 5) is 26.9. The number of aryl methyl sites for hydroxylation is 1. The minimum Gasteiger partial charge on any atom is -0.352 e. The van der Waals surface area contributed by atoms with Crippen LogP contribution in [-0.2, 0) is 6.42 Å². The van der Waals surface area contributed by atoms with E-state index in [2.05, 4.69) is 10.6 Å². The number of hydrogen-bond acceptors (Lipinski definition) is 3. The number of carbonyl (C=O) groups excluding carboxylic acids is 2. The third-order valence-corrected chi connectivity index (χ3v) is 5.77. The highest BCUT2D eigenvalue weighted by Gasteiger charge is 2.21. The number of rotatable bonds is 4. The Morgan fingerprint density at radius 1 is 1.00 bits per heavy atom. The standard InChI is InChI=1S/C23H20N2O2S/c1-15-7-9-18-21(13-15)28-20-10-8-17(14-19(20)25-23(18)27)22(26)24-12-11-16-5-3-2-4-6-16/h2-10,13-14H,11-12H2,1H3,(H,24,26)(H,25,27). The topological polar surface area (TPSA) is 58.2 Å². The van der Waals surface area contributed by atoms with E-state index in [1.807, 2.05) is 61.5 Å². The number of fused-ring (bicyclic) bond motifs is 2. The SMILES string of the molecule is Cc1ccc2c(c1)Sc1ccc(C(=O)NCCc3ccccc3)cc1NC2=O. The van der Waals surface area contributed by atoms with E-state index >= 15 is 0 Å². The van der Waals surface area contributed by atoms with E-state index in [1.54, 1.807) is 23.9 Å². The van der Waals surface area contributed by atoms with Gasteiger partial charge in [0.05, 0.1) is 11.3 Å². The van der Waals surface area contributed by atoms with Crippen molar-refractivity contribution in [3.05, 3.63) is 89.0 Å². The summed E-state index contributed by atoms with van der Waals surface area (Å²) in [5, 5.41) is 5.88. The van der Waals surface area contributed by atoms with Crippen LogP contribution < -0.4 is 10.6 Å². The molecule has 5 heteroatoms. The molecule has 1 aliphatic rings. The fraction of sp³-hybridized carbons (Fsp3) is 0.130. The predicted octanol–water partition coefficient (Wildman–Crippen LogP) is 4.68. The van der Waals surface area contributed by atoms with Gasteiger partial charge >= 0.3 is 0 Å². The summed E-state index contributed by atoms with van der Waals surface area (Å²) in [6, 6.07) is 21.3. The first-order chi connectivity index (χ1) is 13.6. The fourth-order valence-electron chi connectivity index (χ4n) is 3.13. The lowest BCUT2D eigenvalue weighted by Gasteiger charge is -2.10. The molecule has 3 aromatic carbocycles. The predicted molar refractivity (Wildman–Crippen MR) is 112 cm³/mol. The van der Waals surface area contributed by atoms with Crippen molar-refractivity contribution in [2.75, 3.05) is 11.9 Å². The third-order valence-electron chi connectivity index (χ3n) is 4.63. The molecule has 0 aromatic heterocycles. The van der Waals surface area contributed by atoms with Crippen LogP contribution in [0.3, 0.4) is 0 Å². The largest absolute Gasteiger partial charge is 0.352 e. The van der Waals surface area contributed by atoms with E-state index in [0.717, 1.165) is 21.8 Å². The second-order valence-corrected chi connectivity index (χ2v) is 7.84. The molecule has 0 saturated carbocycles. The molecule has 0 atom stereocenters. The van der Waals surface area contributed by atoms with Crippen LogP contribution in [0.1, 0.15) is 31.8 Å². The molecule has 1 heterocycles. The van der Waals surface area contributed by atoms with Crippen molar-refractivity contribution in [1.82, 2.24) is 5.32 Å². The van der Waals surface area contributed by atoms with E-state index < -0.39 is 0 Å². The molecule has 0 bridgehead atoms. The molecule has 0 radical (unpaired) electrons. The van der Waals surface area contributed by atoms with Gasteiger partial charge in [-0.05, 0) is 54.8 Å². The summed E-state index contributed by atoms with van der Waals surface area (Å²) < 4.78 is 0. The molecule has 2 N–H and O–H groups in total. The maximum atomic E-state index is 12.6. The van der Waals surface area contributed by atoms with Crippen molar-refractivity contribution in [1.29, 1.82) is 0 Å². The zero-order valence-electron chi connectivity index (χ0n) is 15.5. The Labute approximate surface area is 168 Å². The molecular formula is C23H20N2O2S. The van der Waals surface area contributed by atoms with Crippen LogP contribution in [0, 0.1) is 6.92 Å². The Bertz CT molecular complexity index is 1050. The lowest BCUT2D eigenvalue weighted by Crippen LogP contribution is -2.25. The Balaban J connectivity index is 1.49. The summed E-state index contributed by atoms with van der Waals surface area (Å²) >= 11 is 1.54. The Morgan fingerprint density at radius 2 is 1.82 bits per heavy atom. The van der Waals surface area contributed by atoms with Crippen LogP contribution in [0.4, 0.5) is 5.69 Å². The van der Waals surface area contributed by atoms with Gasteiger partial charge < -0.3 is 10.6 Å². The molecular weight excluding hydrogens is 368 g/mol. The number of carbonyl (C=O) groups is 2. The third kappa shape index (κ3) is 3.94. The maximum Gasteiger partial charge on any atom is 0.256 e. The average Bonchev–Trinajstić information content (AvgIpc) is 2.83. The molecule has 3 aromatic rings. The highest BCUT2D eigenvalue weighted by molar-refractivity contribution is 7.99. The highest BCUT2D eigenvalue weighted by atomic mass is 32.2. The van der Waals surface area contributed by atoms with Gasteiger partial charge in [-0.15, -0.1) is 0 Å². The summed E-state index contributed by atoms with van der Waals surface area (Å²) in [5.41, 5.74) is 4.15. The molecule has 28 heavy (non-hydrogen) atoms. The molecule has 4 rings (SSSR count). The lowest BCUT2D eigenvalue weighted by atomic mass is 10.1. The fourth-order valence-corrected chi connectivity index (χ4v) is 4.24. The van der Waals surface area contributed by atoms with E-state index in [9.17, 15) is 9.59 Å². The molecule has 1 aliphatic heterocycles. The molecule has 2 amide bonds. The van der Waals surface area contributed by atoms with E-state index in [0.29, 0.717) is 23.4 Å². The molecule has 0 spiro atoms. The molecule has 140 valence electrons. The molecule has 0 unspecified atom stereocenters. The van der Waals surface area contributed by atoms with Crippen LogP contribution in [0.25, 0.3) is 0 Å². The lowest BCUT2D eigenvalue weighted by molar-refractivity contribution is 0.0952. The number of benzene rings is 3. The van der Waals surface area contributed by atoms with E-state index in [-0.39, 0.29) is 11.8 Å². The van der Waals surface area contributed by atoms with Crippen LogP contribution in [0.5, 0.6) is 0 Å². The Hall–Kier alpha value is -3.05. The highest BCUT2D eigenvalue weighted by Crippen LogP contribution is 2.39. The number of hydrogen-bond donors (Lipinski definition) is 2. The quantitative estimate of drug-likeness (QED) is 0.682. The van der Waals surface area contributed by atoms with Crippen LogP contribution in [-0.4, -0.2) is 18.4 Å². The molecule has 4 nitrogen and oxygen atoms in total. The van der Waals surface area contributed by atoms with Crippen LogP contribution in [0.2, 0.25) is 0 Å². The molecule has 0 saturated heterocycles. The van der Waals surface area contributed by atoms with Crippen LogP contribution >= 0.6 is 11.8 Å². The minimum absolute atomic E-state index is 0.143. The zero-order chi connectivity index (χ0) is 19.5. The van der Waals surface area contributed by atoms with Gasteiger partial charge in [-0.2, -0.15) is 0 Å². The normalized spacial score (nSPS) is 12.4. The monoisotopic (exact) mass is 388 g/mol. The average molecular weight is 388 g/mol. The van der Waals surface area contributed by atoms with E-state index in [1.165, 1.54) is 5.56 Å². The Kier molecular flexibility index (Phi) is 5.17. The first kappa shape index (κ1) is 18.3. The van der Waals surface area contributed by atoms with Gasteiger partial charge in [-0.3, -0.25) is 9.59 Å². The second kappa shape index (κ2) is 7.90. The van der Waals surface area contributed by atoms with Crippen LogP contribution in [0.15, 0.2) is 76.5 Å². The summed E-state index contributed by atoms with van der Waals surface area (Å²) in [5.74, 6) is -0.293. The van der Waals surface area contributed by atoms with Gasteiger partial charge in [-0.1, -0.05) is 48.2 Å². The molecule has 0 fully saturated rings. The van der Waals surface area contributed by atoms with Gasteiger partial charge in [0.2, 0.25) is 0 Å². The summed E-state index contributed by atoms with van der Waals surface area (Å²) in [6.45, 7) is 2.57. The van der Waals surface area contributed by atoms with Crippen molar-refractivity contribution >= 4 is 29.3 Å². The van der Waals surface area contributed by atoms with E-state index in [4.69, 9.17) is 0 Å². The van der Waals surface area contributed by atoms with Crippen molar-refractivity contribution in [2.45, 2.75) is 23.1 Å². The first-order valence-electron chi connectivity index (χ1n) is 9.16. The number of anilines is 1. The van der Waals surface area contributed by atoms with Gasteiger partial charge in [0.25, 0.3) is 11.8 Å². The second-order valence-electron chi connectivity index (χ2n) is 6.76. The van der Waals surface area contributed by atoms with Crippen molar-refractivity contribution < 1.29 is 9.59 Å². The van der Waals surface area contributed by atoms with Gasteiger partial charge in [0.15, 0.2) is 0 Å². The Morgan fingerprint density at radius 3 is 2.64 bits per heavy atom. The van der Waals surface area contributed by atoms with Crippen molar-refractivity contribution in [2.24, 2.45) is 0 Å². The maximum absolute atomic E-state index is 12.6. The van der Waals surface area contributed by atoms with Crippen molar-refractivity contribution in [3.8, 4) is 0 Å². The summed E-state index contributed by atoms with van der Waals surface area (Å²) in [7, 11) is 0. The van der Waals surface area contributed by atoms with Gasteiger partial charge in [0.1, 0.15) is 0 Å². The summed E-state index contributed by atoms with van der Waals surface area (Å²) in [6.07, 6.45) is 0.777. The smallest absolute Gasteiger partial charge is 0.256 e. The van der Waals surface area contributed by atoms with Crippen molar-refractivity contribution in [3.63, 3.8) is 0 Å². The zero-order valence-corrected chi connectivity index (χ0v) is 16.3. The minimum atomic E-state index is -0.150. The number of nitrogens with one attached hydrogen (secondary N) is 2. The molecule has 0 aliphatic carbocycles.